The van der Waals surface area contributed by atoms with Gasteiger partial charge >= 0.3 is 0 Å². The van der Waals surface area contributed by atoms with Crippen molar-refractivity contribution in [2.45, 2.75) is 25.6 Å². The molecule has 3 rings (SSSR count). The molecule has 2 aromatic rings. The molecule has 0 radical (unpaired) electrons. The number of methoxy groups -OCH3 is 1. The molecule has 0 saturated carbocycles. The zero-order valence-electron chi connectivity index (χ0n) is 13.4. The van der Waals surface area contributed by atoms with Crippen LogP contribution in [0, 0.1) is 5.21 Å². The monoisotopic (exact) mass is 312 g/mol. The zero-order valence-corrected chi connectivity index (χ0v) is 13.4. The lowest BCUT2D eigenvalue weighted by Crippen LogP contribution is -2.44. The first-order valence-corrected chi connectivity index (χ1v) is 7.49. The Hall–Kier alpha value is -2.37. The normalized spacial score (nSPS) is 20.8. The van der Waals surface area contributed by atoms with Gasteiger partial charge in [-0.15, -0.1) is 5.06 Å². The van der Waals surface area contributed by atoms with Crippen LogP contribution in [0.1, 0.15) is 31.1 Å². The first-order chi connectivity index (χ1) is 11.0. The summed E-state index contributed by atoms with van der Waals surface area (Å²) >= 11 is 0. The van der Waals surface area contributed by atoms with Gasteiger partial charge in [-0.2, -0.15) is 4.74 Å². The molecule has 0 unspecified atom stereocenters. The molecule has 0 aromatic heterocycles. The van der Waals surface area contributed by atoms with Gasteiger partial charge in [0.05, 0.1) is 12.7 Å². The van der Waals surface area contributed by atoms with Crippen LogP contribution in [0.25, 0.3) is 0 Å². The summed E-state index contributed by atoms with van der Waals surface area (Å²) in [5, 5.41) is 24.8. The van der Waals surface area contributed by atoms with Gasteiger partial charge < -0.3 is 15.2 Å². The quantitative estimate of drug-likeness (QED) is 0.698. The van der Waals surface area contributed by atoms with Crippen LogP contribution in [-0.2, 0) is 0 Å². The maximum Gasteiger partial charge on any atom is 0.271 e. The number of hydrogen-bond donors (Lipinski definition) is 1. The Kier molecular flexibility index (Phi) is 3.83. The summed E-state index contributed by atoms with van der Waals surface area (Å²) in [4.78, 5) is 0. The van der Waals surface area contributed by atoms with Crippen LogP contribution < -0.4 is 4.74 Å². The maximum absolute atomic E-state index is 13.0. The van der Waals surface area contributed by atoms with Gasteiger partial charge in [0.25, 0.3) is 6.17 Å². The highest BCUT2D eigenvalue weighted by Gasteiger charge is 2.53. The average molecular weight is 312 g/mol. The molecule has 1 atom stereocenters. The number of hydroxylamine groups is 3. The van der Waals surface area contributed by atoms with Crippen LogP contribution in [-0.4, -0.2) is 33.4 Å². The van der Waals surface area contributed by atoms with Gasteiger partial charge in [-0.3, -0.25) is 0 Å². The maximum atomic E-state index is 13.0. The molecule has 1 N–H and O–H groups in total. The minimum Gasteiger partial charge on any atom is -0.622 e. The summed E-state index contributed by atoms with van der Waals surface area (Å²) in [5.74, 6) is 0.572. The van der Waals surface area contributed by atoms with Crippen LogP contribution in [0.5, 0.6) is 5.75 Å². The molecular weight excluding hydrogens is 292 g/mol. The van der Waals surface area contributed by atoms with Crippen molar-refractivity contribution < 1.29 is 14.7 Å². The third kappa shape index (κ3) is 2.38. The summed E-state index contributed by atoms with van der Waals surface area (Å²) in [6, 6.07) is 16.6. The fraction of sp³-hybridized carbons (Fsp3) is 0.278. The molecule has 2 aromatic carbocycles. The fourth-order valence-electron chi connectivity index (χ4n) is 3.12. The molecule has 1 heterocycles. The first-order valence-electron chi connectivity index (χ1n) is 7.49. The summed E-state index contributed by atoms with van der Waals surface area (Å²) in [7, 11) is 1.55. The highest BCUT2D eigenvalue weighted by molar-refractivity contribution is 6.04. The van der Waals surface area contributed by atoms with Crippen molar-refractivity contribution in [1.29, 1.82) is 0 Å². The van der Waals surface area contributed by atoms with Crippen molar-refractivity contribution in [2.75, 3.05) is 7.11 Å². The Balaban J connectivity index is 2.18. The van der Waals surface area contributed by atoms with Crippen LogP contribution in [0.15, 0.2) is 54.6 Å². The van der Waals surface area contributed by atoms with Crippen molar-refractivity contribution >= 4 is 5.71 Å². The second-order valence-corrected chi connectivity index (χ2v) is 6.06. The van der Waals surface area contributed by atoms with E-state index in [0.717, 1.165) is 15.4 Å². The second kappa shape index (κ2) is 5.68. The number of nitrogens with zero attached hydrogens (tertiary/aromatic N) is 2. The van der Waals surface area contributed by atoms with Gasteiger partial charge in [0, 0.05) is 5.56 Å². The molecule has 0 aliphatic carbocycles. The molecule has 0 saturated heterocycles. The average Bonchev–Trinajstić information content (AvgIpc) is 2.73. The molecule has 1 aliphatic heterocycles. The van der Waals surface area contributed by atoms with Gasteiger partial charge in [0.1, 0.15) is 11.3 Å². The van der Waals surface area contributed by atoms with Gasteiger partial charge in [-0.05, 0) is 38.1 Å². The molecule has 5 heteroatoms. The van der Waals surface area contributed by atoms with Crippen molar-refractivity contribution in [3.63, 3.8) is 0 Å². The summed E-state index contributed by atoms with van der Waals surface area (Å²) in [6.45, 7) is 3.66. The van der Waals surface area contributed by atoms with E-state index in [9.17, 15) is 10.4 Å². The second-order valence-electron chi connectivity index (χ2n) is 6.06. The minimum absolute atomic E-state index is 0.525. The predicted molar refractivity (Wildman–Crippen MR) is 87.6 cm³/mol. The fourth-order valence-corrected chi connectivity index (χ4v) is 3.12. The van der Waals surface area contributed by atoms with Gasteiger partial charge in [-0.25, -0.2) is 0 Å². The number of hydrogen-bond acceptors (Lipinski definition) is 4. The van der Waals surface area contributed by atoms with E-state index < -0.39 is 11.7 Å². The smallest absolute Gasteiger partial charge is 0.271 e. The first kappa shape index (κ1) is 15.5. The van der Waals surface area contributed by atoms with Crippen LogP contribution in [0.4, 0.5) is 0 Å². The molecular formula is C18H20N2O3. The van der Waals surface area contributed by atoms with Gasteiger partial charge in [0.2, 0.25) is 5.71 Å². The molecule has 0 bridgehead atoms. The van der Waals surface area contributed by atoms with Crippen molar-refractivity contribution in [3.05, 3.63) is 70.9 Å². The Bertz CT molecular complexity index is 741. The minimum atomic E-state index is -0.851. The Morgan fingerprint density at radius 2 is 1.70 bits per heavy atom. The summed E-state index contributed by atoms with van der Waals surface area (Å²) < 4.78 is 6.22. The number of para-hydroxylation sites is 1. The van der Waals surface area contributed by atoms with Crippen molar-refractivity contribution in [2.24, 2.45) is 0 Å². The number of rotatable bonds is 3. The molecule has 1 aliphatic rings. The molecule has 120 valence electrons. The molecule has 23 heavy (non-hydrogen) atoms. The molecule has 0 fully saturated rings. The Morgan fingerprint density at radius 3 is 2.35 bits per heavy atom. The van der Waals surface area contributed by atoms with E-state index in [2.05, 4.69) is 0 Å². The lowest BCUT2D eigenvalue weighted by Gasteiger charge is -2.26. The lowest BCUT2D eigenvalue weighted by atomic mass is 9.93. The Labute approximate surface area is 135 Å². The largest absolute Gasteiger partial charge is 0.622 e. The number of benzene rings is 2. The van der Waals surface area contributed by atoms with E-state index in [1.807, 2.05) is 56.3 Å². The predicted octanol–water partition coefficient (Wildman–Crippen LogP) is 3.18. The highest BCUT2D eigenvalue weighted by Crippen LogP contribution is 2.39. The van der Waals surface area contributed by atoms with E-state index in [4.69, 9.17) is 4.74 Å². The summed E-state index contributed by atoms with van der Waals surface area (Å²) in [5.41, 5.74) is 1.13. The standard InChI is InChI=1S/C18H20N2O3/c1-18(2)16(13-9-5-4-6-10-13)19(21)17(20(18)22)14-11-7-8-12-15(14)23-3/h4-12,17,22H,1-3H3/t17-/m0/s1. The van der Waals surface area contributed by atoms with Gasteiger partial charge in [0.15, 0.2) is 0 Å². The lowest BCUT2D eigenvalue weighted by molar-refractivity contribution is -0.544. The van der Waals surface area contributed by atoms with E-state index in [1.54, 1.807) is 19.2 Å². The molecule has 0 spiro atoms. The zero-order chi connectivity index (χ0) is 16.6. The summed E-state index contributed by atoms with van der Waals surface area (Å²) in [6.07, 6.45) is -0.851. The van der Waals surface area contributed by atoms with Gasteiger partial charge in [-0.1, -0.05) is 30.3 Å². The Morgan fingerprint density at radius 1 is 1.09 bits per heavy atom. The van der Waals surface area contributed by atoms with Crippen molar-refractivity contribution in [3.8, 4) is 5.75 Å². The third-order valence-corrected chi connectivity index (χ3v) is 4.29. The van der Waals surface area contributed by atoms with Crippen molar-refractivity contribution in [1.82, 2.24) is 5.06 Å². The SMILES string of the molecule is COc1ccccc1[C@@H]1N(O)C(C)(C)C(c2ccccc2)=[N+]1[O-]. The molecule has 5 nitrogen and oxygen atoms in total. The van der Waals surface area contributed by atoms with E-state index in [0.29, 0.717) is 17.0 Å². The van der Waals surface area contributed by atoms with E-state index in [-0.39, 0.29) is 0 Å². The molecule has 0 amide bonds. The van der Waals surface area contributed by atoms with Crippen LogP contribution in [0.2, 0.25) is 0 Å². The third-order valence-electron chi connectivity index (χ3n) is 4.29. The topological polar surface area (TPSA) is 58.8 Å². The van der Waals surface area contributed by atoms with E-state index >= 15 is 0 Å². The number of ether oxygens (including phenoxy) is 1. The van der Waals surface area contributed by atoms with Crippen LogP contribution in [0.3, 0.4) is 0 Å². The van der Waals surface area contributed by atoms with Crippen LogP contribution >= 0.6 is 0 Å². The van der Waals surface area contributed by atoms with E-state index in [1.165, 1.54) is 0 Å². The highest BCUT2D eigenvalue weighted by atomic mass is 16.5.